The molecule has 17 heavy (non-hydrogen) atoms. The number of amides is 1. The Balaban J connectivity index is 4.14. The summed E-state index contributed by atoms with van der Waals surface area (Å²) in [6.07, 6.45) is 0.340. The zero-order valence-corrected chi connectivity index (χ0v) is 10.4. The van der Waals surface area contributed by atoms with Crippen molar-refractivity contribution in [3.63, 3.8) is 0 Å². The number of aliphatic hydroxyl groups excluding tert-OH is 1. The maximum atomic E-state index is 11.6. The summed E-state index contributed by atoms with van der Waals surface area (Å²) in [5.74, 6) is -1.61. The lowest BCUT2D eigenvalue weighted by atomic mass is 10.1. The minimum Gasteiger partial charge on any atom is -0.481 e. The third kappa shape index (κ3) is 6.91. The summed E-state index contributed by atoms with van der Waals surface area (Å²) in [7, 11) is 0. The minimum atomic E-state index is -0.921. The van der Waals surface area contributed by atoms with Crippen LogP contribution in [0.5, 0.6) is 0 Å². The monoisotopic (exact) mass is 247 g/mol. The van der Waals surface area contributed by atoms with Gasteiger partial charge in [0.25, 0.3) is 0 Å². The fourth-order valence-electron chi connectivity index (χ4n) is 1.29. The number of hydrogen-bond donors (Lipinski definition) is 2. The molecule has 0 spiro atoms. The topological polar surface area (TPSA) is 87.1 Å². The summed E-state index contributed by atoms with van der Waals surface area (Å²) in [5, 5.41) is 17.3. The normalized spacial score (nSPS) is 12.2. The highest BCUT2D eigenvalue weighted by Gasteiger charge is 2.19. The summed E-state index contributed by atoms with van der Waals surface area (Å²) in [5.41, 5.74) is 0. The van der Waals surface area contributed by atoms with Crippen molar-refractivity contribution in [3.8, 4) is 0 Å². The molecule has 0 rings (SSSR count). The Morgan fingerprint density at radius 2 is 2.00 bits per heavy atom. The molecule has 0 saturated heterocycles. The van der Waals surface area contributed by atoms with Crippen LogP contribution in [0.4, 0.5) is 0 Å². The van der Waals surface area contributed by atoms with Crippen LogP contribution in [0.25, 0.3) is 0 Å². The van der Waals surface area contributed by atoms with Crippen molar-refractivity contribution in [1.82, 2.24) is 4.90 Å². The van der Waals surface area contributed by atoms with Gasteiger partial charge < -0.3 is 19.8 Å². The SMILES string of the molecule is CCC(=O)N(CCOCCO)CC(C)C(=O)O. The van der Waals surface area contributed by atoms with Crippen molar-refractivity contribution in [3.05, 3.63) is 0 Å². The molecule has 1 amide bonds. The van der Waals surface area contributed by atoms with Gasteiger partial charge in [0.05, 0.1) is 25.7 Å². The second-order valence-electron chi connectivity index (χ2n) is 3.77. The van der Waals surface area contributed by atoms with Gasteiger partial charge in [0.1, 0.15) is 0 Å². The molecule has 0 aromatic carbocycles. The van der Waals surface area contributed by atoms with Crippen LogP contribution in [0, 0.1) is 5.92 Å². The number of nitrogens with zero attached hydrogens (tertiary/aromatic N) is 1. The number of aliphatic carboxylic acids is 1. The average molecular weight is 247 g/mol. The fraction of sp³-hybridized carbons (Fsp3) is 0.818. The average Bonchev–Trinajstić information content (AvgIpc) is 2.31. The van der Waals surface area contributed by atoms with Crippen molar-refractivity contribution < 1.29 is 24.5 Å². The Labute approximate surface area is 101 Å². The number of carbonyl (C=O) groups excluding carboxylic acids is 1. The van der Waals surface area contributed by atoms with Crippen LogP contribution in [0.15, 0.2) is 0 Å². The predicted octanol–water partition coefficient (Wildman–Crippen LogP) is -0.0454. The Hall–Kier alpha value is -1.14. The van der Waals surface area contributed by atoms with Crippen molar-refractivity contribution in [2.45, 2.75) is 20.3 Å². The van der Waals surface area contributed by atoms with Gasteiger partial charge in [0, 0.05) is 19.5 Å². The first kappa shape index (κ1) is 15.9. The van der Waals surface area contributed by atoms with Crippen LogP contribution in [0.3, 0.4) is 0 Å². The highest BCUT2D eigenvalue weighted by Crippen LogP contribution is 2.02. The van der Waals surface area contributed by atoms with Crippen LogP contribution >= 0.6 is 0 Å². The van der Waals surface area contributed by atoms with Crippen molar-refractivity contribution in [1.29, 1.82) is 0 Å². The van der Waals surface area contributed by atoms with E-state index in [-0.39, 0.29) is 25.7 Å². The highest BCUT2D eigenvalue weighted by atomic mass is 16.5. The lowest BCUT2D eigenvalue weighted by Gasteiger charge is -2.24. The molecular weight excluding hydrogens is 226 g/mol. The Morgan fingerprint density at radius 1 is 1.35 bits per heavy atom. The van der Waals surface area contributed by atoms with E-state index < -0.39 is 11.9 Å². The maximum absolute atomic E-state index is 11.6. The lowest BCUT2D eigenvalue weighted by molar-refractivity contribution is -0.143. The van der Waals surface area contributed by atoms with Gasteiger partial charge in [-0.25, -0.2) is 0 Å². The molecule has 0 aromatic heterocycles. The number of rotatable bonds is 9. The third-order valence-electron chi connectivity index (χ3n) is 2.31. The van der Waals surface area contributed by atoms with Crippen LogP contribution in [0.1, 0.15) is 20.3 Å². The van der Waals surface area contributed by atoms with E-state index in [1.807, 2.05) is 0 Å². The van der Waals surface area contributed by atoms with E-state index in [4.69, 9.17) is 14.9 Å². The summed E-state index contributed by atoms with van der Waals surface area (Å²) < 4.78 is 5.06. The molecule has 0 aliphatic carbocycles. The van der Waals surface area contributed by atoms with Gasteiger partial charge in [-0.05, 0) is 0 Å². The zero-order valence-electron chi connectivity index (χ0n) is 10.4. The lowest BCUT2D eigenvalue weighted by Crippen LogP contribution is -2.38. The Bertz CT molecular complexity index is 244. The number of carboxylic acid groups (broad SMARTS) is 1. The molecular formula is C11H21NO5. The summed E-state index contributed by atoms with van der Waals surface area (Å²) >= 11 is 0. The predicted molar refractivity (Wildman–Crippen MR) is 61.6 cm³/mol. The van der Waals surface area contributed by atoms with Crippen LogP contribution in [-0.4, -0.2) is 59.9 Å². The summed E-state index contributed by atoms with van der Waals surface area (Å²) in [6, 6.07) is 0. The molecule has 6 nitrogen and oxygen atoms in total. The second kappa shape index (κ2) is 8.95. The van der Waals surface area contributed by atoms with Gasteiger partial charge in [0.15, 0.2) is 0 Å². The molecule has 2 N–H and O–H groups in total. The van der Waals surface area contributed by atoms with E-state index in [1.54, 1.807) is 13.8 Å². The second-order valence-corrected chi connectivity index (χ2v) is 3.77. The molecule has 0 bridgehead atoms. The summed E-state index contributed by atoms with van der Waals surface area (Å²) in [4.78, 5) is 23.8. The van der Waals surface area contributed by atoms with E-state index in [0.717, 1.165) is 0 Å². The highest BCUT2D eigenvalue weighted by molar-refractivity contribution is 5.77. The fourth-order valence-corrected chi connectivity index (χ4v) is 1.29. The first-order valence-electron chi connectivity index (χ1n) is 5.72. The van der Waals surface area contributed by atoms with E-state index in [2.05, 4.69) is 0 Å². The first-order chi connectivity index (χ1) is 8.02. The van der Waals surface area contributed by atoms with Gasteiger partial charge in [0.2, 0.25) is 5.91 Å². The minimum absolute atomic E-state index is 0.0622. The van der Waals surface area contributed by atoms with Gasteiger partial charge >= 0.3 is 5.97 Å². The molecule has 0 heterocycles. The van der Waals surface area contributed by atoms with Crippen LogP contribution < -0.4 is 0 Å². The number of aliphatic hydroxyl groups is 1. The molecule has 0 radical (unpaired) electrons. The molecule has 0 saturated carbocycles. The number of hydrogen-bond acceptors (Lipinski definition) is 4. The van der Waals surface area contributed by atoms with E-state index in [0.29, 0.717) is 19.6 Å². The van der Waals surface area contributed by atoms with Gasteiger partial charge in [-0.2, -0.15) is 0 Å². The first-order valence-corrected chi connectivity index (χ1v) is 5.72. The van der Waals surface area contributed by atoms with Crippen molar-refractivity contribution in [2.75, 3.05) is 32.9 Å². The van der Waals surface area contributed by atoms with Crippen LogP contribution in [0.2, 0.25) is 0 Å². The third-order valence-corrected chi connectivity index (χ3v) is 2.31. The standard InChI is InChI=1S/C11H21NO5/c1-3-10(14)12(4-6-17-7-5-13)8-9(2)11(15)16/h9,13H,3-8H2,1-2H3,(H,15,16). The molecule has 1 atom stereocenters. The Kier molecular flexibility index (Phi) is 8.35. The summed E-state index contributed by atoms with van der Waals surface area (Å²) in [6.45, 7) is 4.30. The van der Waals surface area contributed by atoms with Crippen molar-refractivity contribution >= 4 is 11.9 Å². The molecule has 0 aliphatic rings. The molecule has 100 valence electrons. The van der Waals surface area contributed by atoms with Crippen LogP contribution in [-0.2, 0) is 14.3 Å². The zero-order chi connectivity index (χ0) is 13.3. The van der Waals surface area contributed by atoms with Crippen molar-refractivity contribution in [2.24, 2.45) is 5.92 Å². The van der Waals surface area contributed by atoms with E-state index in [1.165, 1.54) is 4.90 Å². The molecule has 1 unspecified atom stereocenters. The number of carboxylic acids is 1. The quantitative estimate of drug-likeness (QED) is 0.558. The van der Waals surface area contributed by atoms with Gasteiger partial charge in [-0.3, -0.25) is 9.59 Å². The van der Waals surface area contributed by atoms with Gasteiger partial charge in [-0.15, -0.1) is 0 Å². The molecule has 0 fully saturated rings. The van der Waals surface area contributed by atoms with E-state index in [9.17, 15) is 9.59 Å². The maximum Gasteiger partial charge on any atom is 0.308 e. The molecule has 6 heteroatoms. The van der Waals surface area contributed by atoms with Gasteiger partial charge in [-0.1, -0.05) is 13.8 Å². The Morgan fingerprint density at radius 3 is 2.47 bits per heavy atom. The smallest absolute Gasteiger partial charge is 0.308 e. The molecule has 0 aliphatic heterocycles. The number of ether oxygens (including phenoxy) is 1. The largest absolute Gasteiger partial charge is 0.481 e. The molecule has 0 aromatic rings. The van der Waals surface area contributed by atoms with E-state index >= 15 is 0 Å². The number of carbonyl (C=O) groups is 2.